The zero-order valence-electron chi connectivity index (χ0n) is 15.4. The van der Waals surface area contributed by atoms with E-state index in [2.05, 4.69) is 20.4 Å². The van der Waals surface area contributed by atoms with Gasteiger partial charge in [-0.2, -0.15) is 0 Å². The monoisotopic (exact) mass is 392 g/mol. The highest BCUT2D eigenvalue weighted by Crippen LogP contribution is 2.22. The summed E-state index contributed by atoms with van der Waals surface area (Å²) in [6, 6.07) is 18.4. The first kappa shape index (κ1) is 18.4. The Morgan fingerprint density at radius 3 is 2.21 bits per heavy atom. The molecule has 6 heteroatoms. The minimum Gasteiger partial charge on any atom is -0.355 e. The summed E-state index contributed by atoms with van der Waals surface area (Å²) >= 11 is 5.86. The van der Waals surface area contributed by atoms with E-state index in [-0.39, 0.29) is 5.91 Å². The van der Waals surface area contributed by atoms with Gasteiger partial charge >= 0.3 is 0 Å². The van der Waals surface area contributed by atoms with Crippen molar-refractivity contribution in [3.8, 4) is 11.3 Å². The zero-order chi connectivity index (χ0) is 19.3. The zero-order valence-corrected chi connectivity index (χ0v) is 16.2. The van der Waals surface area contributed by atoms with Crippen LogP contribution in [0, 0.1) is 0 Å². The second kappa shape index (κ2) is 8.40. The van der Waals surface area contributed by atoms with Crippen molar-refractivity contribution >= 4 is 29.0 Å². The Hall–Kier alpha value is -2.92. The predicted molar refractivity (Wildman–Crippen MR) is 113 cm³/mol. The minimum absolute atomic E-state index is 0.171. The van der Waals surface area contributed by atoms with Crippen LogP contribution in [-0.4, -0.2) is 29.2 Å². The number of nitrogens with one attached hydrogen (secondary N) is 1. The number of anilines is 2. The second-order valence-electron chi connectivity index (χ2n) is 6.86. The third-order valence-corrected chi connectivity index (χ3v) is 5.13. The standard InChI is InChI=1S/C22H21ClN4O/c23-18-8-4-17(5-9-18)22(28)24-19-10-6-16(7-11-19)20-12-13-21(26-25-20)27-14-2-1-3-15-27/h4-13H,1-3,14-15H2,(H,24,28). The lowest BCUT2D eigenvalue weighted by atomic mass is 10.1. The van der Waals surface area contributed by atoms with Crippen molar-refractivity contribution in [1.82, 2.24) is 10.2 Å². The van der Waals surface area contributed by atoms with Crippen LogP contribution in [0.3, 0.4) is 0 Å². The maximum absolute atomic E-state index is 12.3. The molecule has 5 nitrogen and oxygen atoms in total. The lowest BCUT2D eigenvalue weighted by molar-refractivity contribution is 0.102. The highest BCUT2D eigenvalue weighted by atomic mass is 35.5. The molecule has 0 radical (unpaired) electrons. The smallest absolute Gasteiger partial charge is 0.255 e. The van der Waals surface area contributed by atoms with Gasteiger partial charge in [0.25, 0.3) is 5.91 Å². The van der Waals surface area contributed by atoms with Gasteiger partial charge in [0.1, 0.15) is 0 Å². The molecule has 142 valence electrons. The average molecular weight is 393 g/mol. The molecular formula is C22H21ClN4O. The van der Waals surface area contributed by atoms with Gasteiger partial charge in [-0.3, -0.25) is 4.79 Å². The molecule has 0 atom stereocenters. The fourth-order valence-electron chi connectivity index (χ4n) is 3.30. The number of halogens is 1. The molecule has 1 aliphatic heterocycles. The van der Waals surface area contributed by atoms with Crippen LogP contribution >= 0.6 is 11.6 Å². The number of hydrogen-bond acceptors (Lipinski definition) is 4. The van der Waals surface area contributed by atoms with Gasteiger partial charge in [-0.25, -0.2) is 0 Å². The third kappa shape index (κ3) is 4.31. The Morgan fingerprint density at radius 1 is 0.857 bits per heavy atom. The Kier molecular flexibility index (Phi) is 5.53. The molecule has 2 aromatic carbocycles. The average Bonchev–Trinajstić information content (AvgIpc) is 2.75. The summed E-state index contributed by atoms with van der Waals surface area (Å²) in [6.45, 7) is 2.10. The SMILES string of the molecule is O=C(Nc1ccc(-c2ccc(N3CCCCC3)nn2)cc1)c1ccc(Cl)cc1. The van der Waals surface area contributed by atoms with Gasteiger partial charge in [-0.1, -0.05) is 23.7 Å². The maximum Gasteiger partial charge on any atom is 0.255 e. The number of carbonyl (C=O) groups is 1. The number of rotatable bonds is 4. The summed E-state index contributed by atoms with van der Waals surface area (Å²) in [5.41, 5.74) is 3.06. The number of piperidine rings is 1. The first-order valence-corrected chi connectivity index (χ1v) is 9.83. The second-order valence-corrected chi connectivity index (χ2v) is 7.30. The molecule has 1 aliphatic rings. The Labute approximate surface area is 169 Å². The van der Waals surface area contributed by atoms with Crippen molar-refractivity contribution < 1.29 is 4.79 Å². The van der Waals surface area contributed by atoms with Gasteiger partial charge < -0.3 is 10.2 Å². The molecule has 1 aromatic heterocycles. The number of nitrogens with zero attached hydrogens (tertiary/aromatic N) is 3. The molecule has 1 saturated heterocycles. The number of aromatic nitrogens is 2. The predicted octanol–water partition coefficient (Wildman–Crippen LogP) is 5.04. The Morgan fingerprint density at radius 2 is 1.57 bits per heavy atom. The molecule has 1 amide bonds. The van der Waals surface area contributed by atoms with Gasteiger partial charge in [0.15, 0.2) is 5.82 Å². The van der Waals surface area contributed by atoms with E-state index < -0.39 is 0 Å². The van der Waals surface area contributed by atoms with Crippen LogP contribution in [0.4, 0.5) is 11.5 Å². The number of amides is 1. The summed E-state index contributed by atoms with van der Waals surface area (Å²) in [5.74, 6) is 0.769. The summed E-state index contributed by atoms with van der Waals surface area (Å²) in [5, 5.41) is 12.3. The largest absolute Gasteiger partial charge is 0.355 e. The first-order valence-electron chi connectivity index (χ1n) is 9.45. The van der Waals surface area contributed by atoms with Gasteiger partial charge in [-0.15, -0.1) is 10.2 Å². The molecule has 0 bridgehead atoms. The van der Waals surface area contributed by atoms with Gasteiger partial charge in [0.05, 0.1) is 5.69 Å². The van der Waals surface area contributed by atoms with Gasteiger partial charge in [-0.05, 0) is 67.8 Å². The number of benzene rings is 2. The van der Waals surface area contributed by atoms with Crippen LogP contribution in [0.1, 0.15) is 29.6 Å². The fraction of sp³-hybridized carbons (Fsp3) is 0.227. The van der Waals surface area contributed by atoms with Crippen molar-refractivity contribution in [2.75, 3.05) is 23.3 Å². The summed E-state index contributed by atoms with van der Waals surface area (Å²) in [4.78, 5) is 14.6. The fourth-order valence-corrected chi connectivity index (χ4v) is 3.43. The summed E-state index contributed by atoms with van der Waals surface area (Å²) in [7, 11) is 0. The summed E-state index contributed by atoms with van der Waals surface area (Å²) in [6.07, 6.45) is 3.72. The highest BCUT2D eigenvalue weighted by Gasteiger charge is 2.13. The quantitative estimate of drug-likeness (QED) is 0.675. The first-order chi connectivity index (χ1) is 13.7. The van der Waals surface area contributed by atoms with Crippen LogP contribution in [0.5, 0.6) is 0 Å². The molecule has 0 saturated carbocycles. The van der Waals surface area contributed by atoms with Crippen LogP contribution in [-0.2, 0) is 0 Å². The van der Waals surface area contributed by atoms with E-state index in [1.807, 2.05) is 36.4 Å². The Balaban J connectivity index is 1.42. The molecule has 0 spiro atoms. The molecule has 1 fully saturated rings. The van der Waals surface area contributed by atoms with Crippen molar-refractivity contribution in [2.24, 2.45) is 0 Å². The molecule has 1 N–H and O–H groups in total. The van der Waals surface area contributed by atoms with Crippen molar-refractivity contribution in [3.05, 3.63) is 71.2 Å². The van der Waals surface area contributed by atoms with Gasteiger partial charge in [0.2, 0.25) is 0 Å². The number of hydrogen-bond donors (Lipinski definition) is 1. The molecule has 0 unspecified atom stereocenters. The van der Waals surface area contributed by atoms with Crippen LogP contribution < -0.4 is 10.2 Å². The van der Waals surface area contributed by atoms with E-state index in [4.69, 9.17) is 11.6 Å². The molecule has 4 rings (SSSR count). The van der Waals surface area contributed by atoms with Crippen molar-refractivity contribution in [1.29, 1.82) is 0 Å². The van der Waals surface area contributed by atoms with E-state index in [0.29, 0.717) is 10.6 Å². The van der Waals surface area contributed by atoms with Crippen LogP contribution in [0.15, 0.2) is 60.7 Å². The number of carbonyl (C=O) groups excluding carboxylic acids is 1. The lowest BCUT2D eigenvalue weighted by Crippen LogP contribution is -2.30. The van der Waals surface area contributed by atoms with Crippen LogP contribution in [0.25, 0.3) is 11.3 Å². The summed E-state index contributed by atoms with van der Waals surface area (Å²) < 4.78 is 0. The minimum atomic E-state index is -0.171. The Bertz CT molecular complexity index is 934. The van der Waals surface area contributed by atoms with Crippen LogP contribution in [0.2, 0.25) is 5.02 Å². The maximum atomic E-state index is 12.3. The van der Waals surface area contributed by atoms with E-state index in [0.717, 1.165) is 35.9 Å². The molecule has 3 aromatic rings. The van der Waals surface area contributed by atoms with E-state index >= 15 is 0 Å². The topological polar surface area (TPSA) is 58.1 Å². The van der Waals surface area contributed by atoms with Gasteiger partial charge in [0, 0.05) is 34.9 Å². The molecule has 28 heavy (non-hydrogen) atoms. The van der Waals surface area contributed by atoms with E-state index in [1.54, 1.807) is 24.3 Å². The van der Waals surface area contributed by atoms with Crippen molar-refractivity contribution in [3.63, 3.8) is 0 Å². The molecular weight excluding hydrogens is 372 g/mol. The lowest BCUT2D eigenvalue weighted by Gasteiger charge is -2.27. The molecule has 2 heterocycles. The third-order valence-electron chi connectivity index (χ3n) is 4.88. The van der Waals surface area contributed by atoms with E-state index in [1.165, 1.54) is 19.3 Å². The highest BCUT2D eigenvalue weighted by molar-refractivity contribution is 6.30. The normalized spacial score (nSPS) is 14.0. The molecule has 0 aliphatic carbocycles. The van der Waals surface area contributed by atoms with E-state index in [9.17, 15) is 4.79 Å². The van der Waals surface area contributed by atoms with Crippen molar-refractivity contribution in [2.45, 2.75) is 19.3 Å².